The lowest BCUT2D eigenvalue weighted by Gasteiger charge is -2.34. The molecule has 9 nitrogen and oxygen atoms in total. The molecule has 1 atom stereocenters. The van der Waals surface area contributed by atoms with E-state index in [1.54, 1.807) is 18.2 Å². The average Bonchev–Trinajstić information content (AvgIpc) is 3.50. The Hall–Kier alpha value is -4.27. The topological polar surface area (TPSA) is 116 Å². The van der Waals surface area contributed by atoms with Crippen molar-refractivity contribution in [3.05, 3.63) is 72.6 Å². The summed E-state index contributed by atoms with van der Waals surface area (Å²) in [5.41, 5.74) is 1.30. The van der Waals surface area contributed by atoms with Crippen molar-refractivity contribution in [2.24, 2.45) is 0 Å². The van der Waals surface area contributed by atoms with Crippen molar-refractivity contribution < 1.29 is 19.7 Å². The Morgan fingerprint density at radius 2 is 1.82 bits per heavy atom. The van der Waals surface area contributed by atoms with Gasteiger partial charge in [0, 0.05) is 24.2 Å². The molecule has 34 heavy (non-hydrogen) atoms. The second kappa shape index (κ2) is 9.30. The number of hydrogen-bond acceptors (Lipinski definition) is 6. The van der Waals surface area contributed by atoms with Crippen molar-refractivity contribution in [2.45, 2.75) is 25.3 Å². The van der Waals surface area contributed by atoms with Gasteiger partial charge in [0.2, 0.25) is 0 Å². The zero-order valence-corrected chi connectivity index (χ0v) is 18.5. The van der Waals surface area contributed by atoms with Gasteiger partial charge in [-0.2, -0.15) is 5.10 Å². The number of rotatable bonds is 6. The SMILES string of the molecule is O=C(COc1ccccc1)N1CCCCC1c1nc(-c2cccc(-n3c(O)ccc3O)c2)n[nH]1. The molecule has 0 aliphatic carbocycles. The fourth-order valence-corrected chi connectivity index (χ4v) is 4.28. The van der Waals surface area contributed by atoms with Crippen LogP contribution < -0.4 is 4.74 Å². The molecule has 2 aromatic carbocycles. The number of aromatic amines is 1. The zero-order chi connectivity index (χ0) is 23.5. The molecule has 0 saturated carbocycles. The number of nitrogens with one attached hydrogen (secondary N) is 1. The number of likely N-dealkylation sites (tertiary alicyclic amines) is 1. The van der Waals surface area contributed by atoms with E-state index in [0.717, 1.165) is 19.3 Å². The van der Waals surface area contributed by atoms with Gasteiger partial charge in [0.1, 0.15) is 11.6 Å². The molecule has 174 valence electrons. The summed E-state index contributed by atoms with van der Waals surface area (Å²) in [6.07, 6.45) is 2.71. The standard InChI is InChI=1S/C25H25N5O4/c31-21-12-13-22(32)30(21)18-8-6-7-17(15-18)24-26-25(28-27-24)20-11-4-5-14-29(20)23(33)16-34-19-9-2-1-3-10-19/h1-3,6-10,12-13,15,20,31-32H,4-5,11,14,16H2,(H,26,27,28). The fourth-order valence-electron chi connectivity index (χ4n) is 4.28. The third kappa shape index (κ3) is 4.32. The van der Waals surface area contributed by atoms with Crippen molar-refractivity contribution in [3.63, 3.8) is 0 Å². The van der Waals surface area contributed by atoms with Gasteiger partial charge in [0.25, 0.3) is 5.91 Å². The van der Waals surface area contributed by atoms with E-state index in [4.69, 9.17) is 4.74 Å². The number of amides is 1. The van der Waals surface area contributed by atoms with Crippen LogP contribution in [0.15, 0.2) is 66.7 Å². The molecule has 0 spiro atoms. The van der Waals surface area contributed by atoms with Gasteiger partial charge < -0.3 is 19.8 Å². The molecule has 1 amide bonds. The lowest BCUT2D eigenvalue weighted by Crippen LogP contribution is -2.41. The maximum absolute atomic E-state index is 13.0. The minimum Gasteiger partial charge on any atom is -0.494 e. The van der Waals surface area contributed by atoms with E-state index in [2.05, 4.69) is 15.2 Å². The number of H-pyrrole nitrogens is 1. The molecule has 5 rings (SSSR count). The first-order valence-electron chi connectivity index (χ1n) is 11.2. The van der Waals surface area contributed by atoms with Crippen LogP contribution in [0.2, 0.25) is 0 Å². The van der Waals surface area contributed by atoms with Gasteiger partial charge in [-0.25, -0.2) is 4.98 Å². The molecule has 4 aromatic rings. The largest absolute Gasteiger partial charge is 0.494 e. The van der Waals surface area contributed by atoms with Gasteiger partial charge in [0.15, 0.2) is 24.2 Å². The molecule has 3 heterocycles. The van der Waals surface area contributed by atoms with Crippen LogP contribution in [-0.2, 0) is 4.79 Å². The predicted octanol–water partition coefficient (Wildman–Crippen LogP) is 3.81. The highest BCUT2D eigenvalue weighted by molar-refractivity contribution is 5.78. The first kappa shape index (κ1) is 21.6. The van der Waals surface area contributed by atoms with Crippen LogP contribution in [0.3, 0.4) is 0 Å². The summed E-state index contributed by atoms with van der Waals surface area (Å²) in [5, 5.41) is 27.5. The molecule has 0 bridgehead atoms. The van der Waals surface area contributed by atoms with Crippen LogP contribution in [0.25, 0.3) is 17.1 Å². The van der Waals surface area contributed by atoms with Crippen molar-refractivity contribution in [3.8, 4) is 34.6 Å². The number of para-hydroxylation sites is 1. The number of carbonyl (C=O) groups is 1. The van der Waals surface area contributed by atoms with Crippen molar-refractivity contribution in [1.82, 2.24) is 24.6 Å². The van der Waals surface area contributed by atoms with E-state index < -0.39 is 0 Å². The lowest BCUT2D eigenvalue weighted by atomic mass is 10.0. The Labute approximate surface area is 196 Å². The summed E-state index contributed by atoms with van der Waals surface area (Å²) < 4.78 is 6.99. The Morgan fingerprint density at radius 1 is 1.03 bits per heavy atom. The maximum Gasteiger partial charge on any atom is 0.261 e. The van der Waals surface area contributed by atoms with E-state index in [0.29, 0.717) is 35.2 Å². The highest BCUT2D eigenvalue weighted by Gasteiger charge is 2.30. The molecule has 1 aliphatic rings. The Morgan fingerprint density at radius 3 is 2.62 bits per heavy atom. The molecule has 2 aromatic heterocycles. The number of carbonyl (C=O) groups excluding carboxylic acids is 1. The van der Waals surface area contributed by atoms with E-state index >= 15 is 0 Å². The number of hydrogen-bond donors (Lipinski definition) is 3. The number of nitrogens with zero attached hydrogens (tertiary/aromatic N) is 4. The lowest BCUT2D eigenvalue weighted by molar-refractivity contribution is -0.137. The quantitative estimate of drug-likeness (QED) is 0.404. The highest BCUT2D eigenvalue weighted by atomic mass is 16.5. The van der Waals surface area contributed by atoms with Crippen LogP contribution in [0.4, 0.5) is 0 Å². The van der Waals surface area contributed by atoms with E-state index in [-0.39, 0.29) is 30.3 Å². The van der Waals surface area contributed by atoms with Crippen molar-refractivity contribution in [1.29, 1.82) is 0 Å². The summed E-state index contributed by atoms with van der Waals surface area (Å²) in [4.78, 5) is 19.5. The van der Waals surface area contributed by atoms with Gasteiger partial charge in [0.05, 0.1) is 11.7 Å². The van der Waals surface area contributed by atoms with Crippen LogP contribution in [-0.4, -0.2) is 53.9 Å². The van der Waals surface area contributed by atoms with Crippen LogP contribution in [0.5, 0.6) is 17.5 Å². The second-order valence-electron chi connectivity index (χ2n) is 8.18. The first-order chi connectivity index (χ1) is 16.6. The molecular formula is C25H25N5O4. The molecule has 0 radical (unpaired) electrons. The number of aromatic nitrogens is 4. The third-order valence-electron chi connectivity index (χ3n) is 5.95. The van der Waals surface area contributed by atoms with Crippen molar-refractivity contribution in [2.75, 3.05) is 13.2 Å². The van der Waals surface area contributed by atoms with Gasteiger partial charge in [-0.15, -0.1) is 0 Å². The van der Waals surface area contributed by atoms with Crippen LogP contribution in [0.1, 0.15) is 31.1 Å². The molecule has 1 unspecified atom stereocenters. The normalized spacial score (nSPS) is 15.9. The Balaban J connectivity index is 1.35. The molecule has 1 saturated heterocycles. The van der Waals surface area contributed by atoms with Crippen molar-refractivity contribution >= 4 is 5.91 Å². The number of ether oxygens (including phenoxy) is 1. The zero-order valence-electron chi connectivity index (χ0n) is 18.5. The van der Waals surface area contributed by atoms with Gasteiger partial charge in [-0.3, -0.25) is 14.5 Å². The van der Waals surface area contributed by atoms with E-state index in [9.17, 15) is 15.0 Å². The maximum atomic E-state index is 13.0. The van der Waals surface area contributed by atoms with Crippen LogP contribution >= 0.6 is 0 Å². The molecule has 3 N–H and O–H groups in total. The molecular weight excluding hydrogens is 434 g/mol. The minimum atomic E-state index is -0.206. The summed E-state index contributed by atoms with van der Waals surface area (Å²) >= 11 is 0. The van der Waals surface area contributed by atoms with Crippen LogP contribution in [0, 0.1) is 0 Å². The average molecular weight is 460 g/mol. The highest BCUT2D eigenvalue weighted by Crippen LogP contribution is 2.32. The first-order valence-corrected chi connectivity index (χ1v) is 11.2. The summed E-state index contributed by atoms with van der Waals surface area (Å²) in [6, 6.07) is 19.1. The second-order valence-corrected chi connectivity index (χ2v) is 8.18. The Kier molecular flexibility index (Phi) is 5.90. The number of aromatic hydroxyl groups is 2. The summed E-state index contributed by atoms with van der Waals surface area (Å²) in [5.74, 6) is 1.53. The predicted molar refractivity (Wildman–Crippen MR) is 125 cm³/mol. The van der Waals surface area contributed by atoms with Gasteiger partial charge >= 0.3 is 0 Å². The minimum absolute atomic E-state index is 0.0343. The van der Waals surface area contributed by atoms with E-state index in [1.807, 2.05) is 41.3 Å². The van der Waals surface area contributed by atoms with Gasteiger partial charge in [-0.1, -0.05) is 30.3 Å². The van der Waals surface area contributed by atoms with E-state index in [1.165, 1.54) is 16.7 Å². The third-order valence-corrected chi connectivity index (χ3v) is 5.95. The summed E-state index contributed by atoms with van der Waals surface area (Å²) in [7, 11) is 0. The molecule has 1 aliphatic heterocycles. The fraction of sp³-hybridized carbons (Fsp3) is 0.240. The van der Waals surface area contributed by atoms with Gasteiger partial charge in [-0.05, 0) is 43.5 Å². The number of benzene rings is 2. The molecule has 1 fully saturated rings. The summed E-state index contributed by atoms with van der Waals surface area (Å²) in [6.45, 7) is 0.604. The monoisotopic (exact) mass is 459 g/mol. The Bertz CT molecular complexity index is 1260. The smallest absolute Gasteiger partial charge is 0.261 e. The molecule has 9 heteroatoms. The number of piperidine rings is 1.